The molecule has 0 aromatic heterocycles. The van der Waals surface area contributed by atoms with E-state index in [4.69, 9.17) is 25.6 Å². The van der Waals surface area contributed by atoms with Gasteiger partial charge in [0.25, 0.3) is 0 Å². The Hall–Kier alpha value is -2.61. The monoisotopic (exact) mass is 288 g/mol. The minimum Gasteiger partial charge on any atom is -0.478 e. The highest BCUT2D eigenvalue weighted by atomic mass is 17.4. The number of carbonyl (C=O) groups is 1. The van der Waals surface area contributed by atoms with Crippen molar-refractivity contribution in [3.63, 3.8) is 0 Å². The maximum atomic E-state index is 11.0. The molecule has 0 bridgehead atoms. The fourth-order valence-electron chi connectivity index (χ4n) is 1.89. The third-order valence-electron chi connectivity index (χ3n) is 2.94. The zero-order valence-corrected chi connectivity index (χ0v) is 10.8. The molecule has 7 nitrogen and oxygen atoms in total. The summed E-state index contributed by atoms with van der Waals surface area (Å²) in [4.78, 5) is 26.4. The average molecular weight is 288 g/mol. The molecule has 0 aliphatic carbocycles. The molecule has 1 heterocycles. The van der Waals surface area contributed by atoms with E-state index in [1.165, 1.54) is 12.1 Å². The van der Waals surface area contributed by atoms with Gasteiger partial charge in [-0.1, -0.05) is 34.5 Å². The molecular weight excluding hydrogens is 276 g/mol. The number of para-hydroxylation sites is 1. The standard InChI is InChI=1S/C14H12N2O5/c15-12-7-2-1-6-11(12)14-19-16(21-20-14)10-5-3-4-9(8-10)13(17)18/h1-8,14H,15H2,(H,17,18). The quantitative estimate of drug-likeness (QED) is 0.661. The molecule has 108 valence electrons. The van der Waals surface area contributed by atoms with Crippen molar-refractivity contribution in [1.82, 2.24) is 0 Å². The lowest BCUT2D eigenvalue weighted by molar-refractivity contribution is -0.286. The number of nitrogen functional groups attached to an aromatic ring is 1. The highest BCUT2D eigenvalue weighted by molar-refractivity contribution is 5.88. The molecule has 21 heavy (non-hydrogen) atoms. The number of aromatic carboxylic acids is 1. The molecule has 3 rings (SSSR count). The molecule has 1 saturated heterocycles. The summed E-state index contributed by atoms with van der Waals surface area (Å²) in [5.41, 5.74) is 7.47. The Bertz CT molecular complexity index is 676. The number of hydrogen-bond acceptors (Lipinski definition) is 6. The Balaban J connectivity index is 1.80. The Kier molecular flexibility index (Phi) is 3.44. The Morgan fingerprint density at radius 2 is 2.00 bits per heavy atom. The van der Waals surface area contributed by atoms with Crippen LogP contribution in [0.15, 0.2) is 48.5 Å². The first-order valence-electron chi connectivity index (χ1n) is 6.13. The summed E-state index contributed by atoms with van der Waals surface area (Å²) in [6.07, 6.45) is -0.820. The smallest absolute Gasteiger partial charge is 0.335 e. The van der Waals surface area contributed by atoms with Gasteiger partial charge in [0.1, 0.15) is 0 Å². The zero-order chi connectivity index (χ0) is 14.8. The van der Waals surface area contributed by atoms with E-state index in [9.17, 15) is 4.79 Å². The number of anilines is 2. The average Bonchev–Trinajstić information content (AvgIpc) is 2.97. The van der Waals surface area contributed by atoms with Gasteiger partial charge < -0.3 is 10.8 Å². The molecule has 7 heteroatoms. The second kappa shape index (κ2) is 5.41. The number of carboxylic acid groups (broad SMARTS) is 1. The summed E-state index contributed by atoms with van der Waals surface area (Å²) in [6, 6.07) is 13.1. The van der Waals surface area contributed by atoms with Crippen molar-refractivity contribution >= 4 is 17.3 Å². The van der Waals surface area contributed by atoms with Gasteiger partial charge in [0, 0.05) is 11.3 Å². The fourth-order valence-corrected chi connectivity index (χ4v) is 1.89. The van der Waals surface area contributed by atoms with Crippen LogP contribution in [0.25, 0.3) is 0 Å². The van der Waals surface area contributed by atoms with E-state index in [2.05, 4.69) is 0 Å². The van der Waals surface area contributed by atoms with E-state index in [0.29, 0.717) is 16.9 Å². The molecule has 0 amide bonds. The van der Waals surface area contributed by atoms with Gasteiger partial charge in [-0.15, -0.1) is 0 Å². The van der Waals surface area contributed by atoms with Crippen LogP contribution in [-0.2, 0) is 14.7 Å². The first kappa shape index (κ1) is 13.4. The number of hydrogen-bond donors (Lipinski definition) is 2. The van der Waals surface area contributed by atoms with Crippen molar-refractivity contribution in [3.8, 4) is 0 Å². The van der Waals surface area contributed by atoms with E-state index in [1.807, 2.05) is 0 Å². The molecule has 0 spiro atoms. The molecular formula is C14H12N2O5. The molecule has 1 unspecified atom stereocenters. The molecule has 1 atom stereocenters. The van der Waals surface area contributed by atoms with Crippen molar-refractivity contribution in [2.75, 3.05) is 11.0 Å². The molecule has 3 N–H and O–H groups in total. The van der Waals surface area contributed by atoms with Gasteiger partial charge in [0.05, 0.1) is 11.3 Å². The summed E-state index contributed by atoms with van der Waals surface area (Å²) in [5, 5.41) is 9.97. The molecule has 0 saturated carbocycles. The van der Waals surface area contributed by atoms with Crippen LogP contribution in [0.1, 0.15) is 22.2 Å². The van der Waals surface area contributed by atoms with Gasteiger partial charge in [-0.25, -0.2) is 9.63 Å². The molecule has 1 aliphatic heterocycles. The summed E-state index contributed by atoms with van der Waals surface area (Å²) in [7, 11) is 0. The van der Waals surface area contributed by atoms with Crippen LogP contribution in [0.5, 0.6) is 0 Å². The predicted octanol–water partition coefficient (Wildman–Crippen LogP) is 2.28. The first-order chi connectivity index (χ1) is 10.1. The zero-order valence-electron chi connectivity index (χ0n) is 10.8. The maximum absolute atomic E-state index is 11.0. The topological polar surface area (TPSA) is 94.3 Å². The lowest BCUT2D eigenvalue weighted by Gasteiger charge is -2.12. The Morgan fingerprint density at radius 3 is 2.76 bits per heavy atom. The highest BCUT2D eigenvalue weighted by Crippen LogP contribution is 2.33. The number of rotatable bonds is 3. The largest absolute Gasteiger partial charge is 0.478 e. The van der Waals surface area contributed by atoms with Gasteiger partial charge in [-0.2, -0.15) is 4.89 Å². The second-order valence-corrected chi connectivity index (χ2v) is 4.35. The Labute approximate surface area is 119 Å². The van der Waals surface area contributed by atoms with Crippen LogP contribution in [0, 0.1) is 0 Å². The fraction of sp³-hybridized carbons (Fsp3) is 0.0714. The lowest BCUT2D eigenvalue weighted by atomic mass is 10.2. The summed E-state index contributed by atoms with van der Waals surface area (Å²) < 4.78 is 0. The third kappa shape index (κ3) is 2.65. The van der Waals surface area contributed by atoms with Crippen LogP contribution >= 0.6 is 0 Å². The molecule has 2 aromatic rings. The number of carboxylic acids is 1. The Morgan fingerprint density at radius 1 is 1.19 bits per heavy atom. The second-order valence-electron chi connectivity index (χ2n) is 4.35. The van der Waals surface area contributed by atoms with Crippen LogP contribution in [0.2, 0.25) is 0 Å². The first-order valence-corrected chi connectivity index (χ1v) is 6.13. The lowest BCUT2D eigenvalue weighted by Crippen LogP contribution is -2.15. The van der Waals surface area contributed by atoms with Crippen molar-refractivity contribution in [2.24, 2.45) is 0 Å². The van der Waals surface area contributed by atoms with E-state index in [-0.39, 0.29) is 5.56 Å². The minimum atomic E-state index is -1.04. The third-order valence-corrected chi connectivity index (χ3v) is 2.94. The van der Waals surface area contributed by atoms with Gasteiger partial charge in [-0.05, 0) is 24.3 Å². The summed E-state index contributed by atoms with van der Waals surface area (Å²) >= 11 is 0. The van der Waals surface area contributed by atoms with E-state index >= 15 is 0 Å². The maximum Gasteiger partial charge on any atom is 0.335 e. The summed E-state index contributed by atoms with van der Waals surface area (Å²) in [6.45, 7) is 0. The van der Waals surface area contributed by atoms with Gasteiger partial charge in [0.2, 0.25) is 6.29 Å². The van der Waals surface area contributed by atoms with Gasteiger partial charge in [0.15, 0.2) is 0 Å². The molecule has 1 aliphatic rings. The summed E-state index contributed by atoms with van der Waals surface area (Å²) in [5.74, 6) is -1.04. The minimum absolute atomic E-state index is 0.113. The van der Waals surface area contributed by atoms with Gasteiger partial charge in [-0.3, -0.25) is 0 Å². The van der Waals surface area contributed by atoms with E-state index in [0.717, 1.165) is 5.23 Å². The number of nitrogens with zero attached hydrogens (tertiary/aromatic N) is 1. The van der Waals surface area contributed by atoms with Crippen molar-refractivity contribution in [1.29, 1.82) is 0 Å². The van der Waals surface area contributed by atoms with E-state index in [1.54, 1.807) is 36.4 Å². The van der Waals surface area contributed by atoms with Crippen molar-refractivity contribution < 1.29 is 24.6 Å². The van der Waals surface area contributed by atoms with E-state index < -0.39 is 12.3 Å². The highest BCUT2D eigenvalue weighted by Gasteiger charge is 2.30. The number of nitrogens with two attached hydrogens (primary N) is 1. The van der Waals surface area contributed by atoms with Crippen LogP contribution in [0.4, 0.5) is 11.4 Å². The van der Waals surface area contributed by atoms with Crippen molar-refractivity contribution in [3.05, 3.63) is 59.7 Å². The van der Waals surface area contributed by atoms with Crippen LogP contribution < -0.4 is 11.0 Å². The normalized spacial score (nSPS) is 17.9. The molecule has 1 fully saturated rings. The number of benzene rings is 2. The van der Waals surface area contributed by atoms with Gasteiger partial charge >= 0.3 is 5.97 Å². The van der Waals surface area contributed by atoms with Crippen LogP contribution in [-0.4, -0.2) is 11.1 Å². The molecule has 0 radical (unpaired) electrons. The SMILES string of the molecule is Nc1ccccc1C1OON(c2cccc(C(=O)O)c2)O1. The predicted molar refractivity (Wildman–Crippen MR) is 72.7 cm³/mol. The molecule has 2 aromatic carbocycles. The van der Waals surface area contributed by atoms with Crippen molar-refractivity contribution in [2.45, 2.75) is 6.29 Å². The van der Waals surface area contributed by atoms with Crippen LogP contribution in [0.3, 0.4) is 0 Å².